The Morgan fingerprint density at radius 2 is 1.52 bits per heavy atom. The molecule has 0 radical (unpaired) electrons. The summed E-state index contributed by atoms with van der Waals surface area (Å²) in [6, 6.07) is 18.8. The molecule has 1 aliphatic rings. The number of hydrogen-bond acceptors (Lipinski definition) is 2. The molecule has 1 heterocycles. The number of carbonyl (C=O) groups excluding carboxylic acids is 1. The van der Waals surface area contributed by atoms with Crippen LogP contribution in [0.15, 0.2) is 60.7 Å². The van der Waals surface area contributed by atoms with E-state index in [9.17, 15) is 9.90 Å². The first-order valence-electron chi connectivity index (χ1n) is 7.98. The summed E-state index contributed by atoms with van der Waals surface area (Å²) in [5.41, 5.74) is 0.199. The normalized spacial score (nSPS) is 24.4. The van der Waals surface area contributed by atoms with E-state index >= 15 is 0 Å². The van der Waals surface area contributed by atoms with Crippen LogP contribution >= 0.6 is 0 Å². The van der Waals surface area contributed by atoms with Gasteiger partial charge in [-0.15, -0.1) is 0 Å². The van der Waals surface area contributed by atoms with E-state index in [2.05, 4.69) is 19.6 Å². The van der Waals surface area contributed by atoms with Crippen LogP contribution in [0.3, 0.4) is 0 Å². The van der Waals surface area contributed by atoms with E-state index in [1.807, 2.05) is 65.6 Å². The van der Waals surface area contributed by atoms with E-state index in [4.69, 9.17) is 0 Å². The first kappa shape index (κ1) is 16.0. The maximum Gasteiger partial charge on any atom is 0.262 e. The van der Waals surface area contributed by atoms with Crippen LogP contribution in [0.4, 0.5) is 0 Å². The molecule has 4 heteroatoms. The standard InChI is InChI=1S/C19H23NO2Si/c1-23(2,3)14-20-17(15-10-6-4-7-11-15)19(22,18(20)21)16-12-8-5-9-13-16/h4-13,17,22H,14H2,1-3H3. The second kappa shape index (κ2) is 5.62. The Kier molecular flexibility index (Phi) is 3.90. The summed E-state index contributed by atoms with van der Waals surface area (Å²) in [4.78, 5) is 14.7. The molecule has 1 fully saturated rings. The second-order valence-electron chi connectivity index (χ2n) is 7.44. The molecule has 0 aromatic heterocycles. The summed E-state index contributed by atoms with van der Waals surface area (Å²) in [5.74, 6) is -0.181. The van der Waals surface area contributed by atoms with Crippen LogP contribution < -0.4 is 0 Å². The third kappa shape index (κ3) is 2.73. The molecule has 0 bridgehead atoms. The van der Waals surface area contributed by atoms with Gasteiger partial charge in [0.2, 0.25) is 0 Å². The molecule has 2 aromatic rings. The lowest BCUT2D eigenvalue weighted by Gasteiger charge is -2.55. The van der Waals surface area contributed by atoms with Crippen LogP contribution in [0.2, 0.25) is 19.6 Å². The largest absolute Gasteiger partial charge is 0.373 e. The van der Waals surface area contributed by atoms with Crippen molar-refractivity contribution in [2.24, 2.45) is 0 Å². The molecule has 23 heavy (non-hydrogen) atoms. The van der Waals surface area contributed by atoms with Crippen molar-refractivity contribution >= 4 is 14.0 Å². The predicted molar refractivity (Wildman–Crippen MR) is 94.6 cm³/mol. The number of benzene rings is 2. The Labute approximate surface area is 138 Å². The van der Waals surface area contributed by atoms with Crippen LogP contribution in [0.25, 0.3) is 0 Å². The summed E-state index contributed by atoms with van der Waals surface area (Å²) < 4.78 is 0. The van der Waals surface area contributed by atoms with E-state index in [1.54, 1.807) is 0 Å². The highest BCUT2D eigenvalue weighted by Gasteiger charge is 2.61. The predicted octanol–water partition coefficient (Wildman–Crippen LogP) is 3.34. The summed E-state index contributed by atoms with van der Waals surface area (Å²) >= 11 is 0. The number of rotatable bonds is 4. The number of carbonyl (C=O) groups is 1. The molecule has 1 N–H and O–H groups in total. The van der Waals surface area contributed by atoms with Crippen LogP contribution in [-0.4, -0.2) is 30.2 Å². The topological polar surface area (TPSA) is 40.5 Å². The highest BCUT2D eigenvalue weighted by Crippen LogP contribution is 2.50. The second-order valence-corrected chi connectivity index (χ2v) is 12.9. The van der Waals surface area contributed by atoms with E-state index in [1.165, 1.54) is 0 Å². The van der Waals surface area contributed by atoms with Crippen molar-refractivity contribution in [1.29, 1.82) is 0 Å². The molecule has 0 aliphatic carbocycles. The maximum absolute atomic E-state index is 12.8. The maximum atomic E-state index is 12.8. The molecule has 3 rings (SSSR count). The summed E-state index contributed by atoms with van der Waals surface area (Å²) in [6.07, 6.45) is 0.751. The number of aliphatic hydroxyl groups is 1. The van der Waals surface area contributed by atoms with Crippen molar-refractivity contribution in [2.45, 2.75) is 31.3 Å². The van der Waals surface area contributed by atoms with E-state index in [0.717, 1.165) is 11.7 Å². The molecule has 2 atom stereocenters. The van der Waals surface area contributed by atoms with Crippen LogP contribution in [0.5, 0.6) is 0 Å². The van der Waals surface area contributed by atoms with E-state index in [-0.39, 0.29) is 11.9 Å². The zero-order valence-electron chi connectivity index (χ0n) is 13.9. The molecule has 1 amide bonds. The van der Waals surface area contributed by atoms with Gasteiger partial charge >= 0.3 is 0 Å². The van der Waals surface area contributed by atoms with Gasteiger partial charge in [-0.3, -0.25) is 4.79 Å². The lowest BCUT2D eigenvalue weighted by Crippen LogP contribution is -2.68. The molecule has 2 unspecified atom stereocenters. The van der Waals surface area contributed by atoms with Gasteiger partial charge in [0.25, 0.3) is 5.91 Å². The SMILES string of the molecule is C[Si](C)(C)CN1C(=O)C(O)(c2ccccc2)C1c1ccccc1. The van der Waals surface area contributed by atoms with Gasteiger partial charge in [0.1, 0.15) is 0 Å². The highest BCUT2D eigenvalue weighted by atomic mass is 28.3. The zero-order valence-corrected chi connectivity index (χ0v) is 14.9. The van der Waals surface area contributed by atoms with Crippen molar-refractivity contribution in [1.82, 2.24) is 4.90 Å². The Morgan fingerprint density at radius 3 is 2.04 bits per heavy atom. The molecular formula is C19H23NO2Si. The van der Waals surface area contributed by atoms with Crippen molar-refractivity contribution in [3.05, 3.63) is 71.8 Å². The van der Waals surface area contributed by atoms with Crippen molar-refractivity contribution in [3.63, 3.8) is 0 Å². The van der Waals surface area contributed by atoms with Gasteiger partial charge in [0.05, 0.1) is 14.1 Å². The Hall–Kier alpha value is -1.91. The molecular weight excluding hydrogens is 302 g/mol. The number of amides is 1. The van der Waals surface area contributed by atoms with E-state index in [0.29, 0.717) is 5.56 Å². The van der Waals surface area contributed by atoms with E-state index < -0.39 is 13.7 Å². The van der Waals surface area contributed by atoms with Gasteiger partial charge in [-0.2, -0.15) is 0 Å². The zero-order chi connectivity index (χ0) is 16.7. The third-order valence-electron chi connectivity index (χ3n) is 4.27. The fourth-order valence-corrected chi connectivity index (χ4v) is 4.66. The van der Waals surface area contributed by atoms with Gasteiger partial charge in [-0.1, -0.05) is 80.3 Å². The number of likely N-dealkylation sites (tertiary alicyclic amines) is 1. The van der Waals surface area contributed by atoms with Gasteiger partial charge in [0, 0.05) is 6.17 Å². The minimum absolute atomic E-state index is 0.181. The molecule has 1 saturated heterocycles. The average molecular weight is 325 g/mol. The molecule has 2 aromatic carbocycles. The molecule has 120 valence electrons. The first-order chi connectivity index (χ1) is 10.8. The smallest absolute Gasteiger partial charge is 0.262 e. The van der Waals surface area contributed by atoms with Gasteiger partial charge in [0.15, 0.2) is 5.60 Å². The molecule has 1 aliphatic heterocycles. The van der Waals surface area contributed by atoms with Gasteiger partial charge in [-0.25, -0.2) is 0 Å². The monoisotopic (exact) mass is 325 g/mol. The van der Waals surface area contributed by atoms with Crippen molar-refractivity contribution < 1.29 is 9.90 Å². The summed E-state index contributed by atoms with van der Waals surface area (Å²) in [6.45, 7) is 6.71. The average Bonchev–Trinajstić information content (AvgIpc) is 2.54. The third-order valence-corrected chi connectivity index (χ3v) is 5.56. The van der Waals surface area contributed by atoms with Crippen LogP contribution in [0.1, 0.15) is 17.2 Å². The minimum atomic E-state index is -1.48. The van der Waals surface area contributed by atoms with Crippen LogP contribution in [0, 0.1) is 0 Å². The van der Waals surface area contributed by atoms with Crippen molar-refractivity contribution in [2.75, 3.05) is 6.17 Å². The summed E-state index contributed by atoms with van der Waals surface area (Å²) in [7, 11) is -1.48. The quantitative estimate of drug-likeness (QED) is 0.692. The van der Waals surface area contributed by atoms with Crippen LogP contribution in [-0.2, 0) is 10.4 Å². The number of nitrogens with zero attached hydrogens (tertiary/aromatic N) is 1. The Balaban J connectivity index is 2.04. The Morgan fingerprint density at radius 1 is 1.00 bits per heavy atom. The van der Waals surface area contributed by atoms with Crippen molar-refractivity contribution in [3.8, 4) is 0 Å². The lowest BCUT2D eigenvalue weighted by atomic mass is 9.74. The number of β-lactam (4-membered cyclic amide) rings is 1. The fourth-order valence-electron chi connectivity index (χ4n) is 3.32. The highest BCUT2D eigenvalue weighted by molar-refractivity contribution is 6.76. The van der Waals surface area contributed by atoms with Gasteiger partial charge < -0.3 is 10.0 Å². The Bertz CT molecular complexity index is 696. The molecule has 0 spiro atoms. The number of hydrogen-bond donors (Lipinski definition) is 1. The minimum Gasteiger partial charge on any atom is -0.373 e. The summed E-state index contributed by atoms with van der Waals surface area (Å²) in [5, 5.41) is 11.3. The fraction of sp³-hybridized carbons (Fsp3) is 0.316. The molecule has 3 nitrogen and oxygen atoms in total. The molecule has 0 saturated carbocycles. The first-order valence-corrected chi connectivity index (χ1v) is 11.7. The lowest BCUT2D eigenvalue weighted by molar-refractivity contribution is -0.194. The van der Waals surface area contributed by atoms with Gasteiger partial charge in [-0.05, 0) is 11.1 Å².